The molecule has 2 aliphatic rings. The molecular weight excluding hydrogens is 342 g/mol. The van der Waals surface area contributed by atoms with Crippen molar-refractivity contribution in [2.24, 2.45) is 5.92 Å². The van der Waals surface area contributed by atoms with Crippen LogP contribution in [0, 0.1) is 5.92 Å². The van der Waals surface area contributed by atoms with Gasteiger partial charge < -0.3 is 19.1 Å². The first-order valence-corrected chi connectivity index (χ1v) is 9.29. The van der Waals surface area contributed by atoms with Gasteiger partial charge in [-0.15, -0.1) is 0 Å². The molecule has 138 valence electrons. The average molecular weight is 368 g/mol. The second-order valence-electron chi connectivity index (χ2n) is 6.88. The van der Waals surface area contributed by atoms with Crippen molar-refractivity contribution in [2.75, 3.05) is 40.0 Å². The van der Waals surface area contributed by atoms with E-state index in [-0.39, 0.29) is 11.5 Å². The maximum Gasteiger partial charge on any atom is 0.255 e. The van der Waals surface area contributed by atoms with Crippen molar-refractivity contribution in [1.82, 2.24) is 4.90 Å². The summed E-state index contributed by atoms with van der Waals surface area (Å²) in [6.07, 6.45) is 3.13. The van der Waals surface area contributed by atoms with Crippen LogP contribution in [0.25, 0.3) is 0 Å². The van der Waals surface area contributed by atoms with E-state index >= 15 is 0 Å². The lowest BCUT2D eigenvalue weighted by atomic mass is 9.79. The predicted octanol–water partition coefficient (Wildman–Crippen LogP) is 3.40. The third-order valence-corrected chi connectivity index (χ3v) is 5.45. The Kier molecular flexibility index (Phi) is 5.87. The summed E-state index contributed by atoms with van der Waals surface area (Å²) in [5.74, 6) is 1.18. The number of likely N-dealkylation sites (tertiary alicyclic amines) is 1. The topological polar surface area (TPSA) is 48.0 Å². The molecule has 0 saturated carbocycles. The fraction of sp³-hybridized carbons (Fsp3) is 0.632. The van der Waals surface area contributed by atoms with Crippen LogP contribution in [0.5, 0.6) is 5.75 Å². The van der Waals surface area contributed by atoms with Crippen molar-refractivity contribution >= 4 is 17.5 Å². The van der Waals surface area contributed by atoms with Gasteiger partial charge in [0.25, 0.3) is 5.91 Å². The lowest BCUT2D eigenvalue weighted by Crippen LogP contribution is -2.66. The van der Waals surface area contributed by atoms with Gasteiger partial charge in [-0.25, -0.2) is 0 Å². The van der Waals surface area contributed by atoms with Crippen LogP contribution in [0.15, 0.2) is 18.2 Å². The normalized spacial score (nSPS) is 21.9. The summed E-state index contributed by atoms with van der Waals surface area (Å²) >= 11 is 6.20. The van der Waals surface area contributed by atoms with Crippen molar-refractivity contribution in [3.05, 3.63) is 28.8 Å². The first-order chi connectivity index (χ1) is 12.1. The highest BCUT2D eigenvalue weighted by molar-refractivity contribution is 6.33. The highest BCUT2D eigenvalue weighted by atomic mass is 35.5. The molecule has 2 fully saturated rings. The van der Waals surface area contributed by atoms with E-state index in [1.54, 1.807) is 25.3 Å². The fourth-order valence-electron chi connectivity index (χ4n) is 3.75. The van der Waals surface area contributed by atoms with Gasteiger partial charge in [0.05, 0.1) is 30.8 Å². The van der Waals surface area contributed by atoms with Crippen LogP contribution < -0.4 is 4.74 Å². The second-order valence-corrected chi connectivity index (χ2v) is 7.29. The van der Waals surface area contributed by atoms with Crippen LogP contribution in [-0.2, 0) is 9.47 Å². The number of rotatable bonds is 6. The molecule has 2 heterocycles. The van der Waals surface area contributed by atoms with E-state index in [0.29, 0.717) is 35.3 Å². The van der Waals surface area contributed by atoms with E-state index in [9.17, 15) is 4.79 Å². The first-order valence-electron chi connectivity index (χ1n) is 8.91. The smallest absolute Gasteiger partial charge is 0.255 e. The molecule has 0 N–H and O–H groups in total. The highest BCUT2D eigenvalue weighted by Crippen LogP contribution is 2.39. The summed E-state index contributed by atoms with van der Waals surface area (Å²) in [5.41, 5.74) is 0.301. The van der Waals surface area contributed by atoms with Crippen LogP contribution >= 0.6 is 11.6 Å². The van der Waals surface area contributed by atoms with Crippen LogP contribution in [-0.4, -0.2) is 56.4 Å². The molecule has 0 unspecified atom stereocenters. The van der Waals surface area contributed by atoms with Gasteiger partial charge in [0.2, 0.25) is 0 Å². The molecule has 0 bridgehead atoms. The van der Waals surface area contributed by atoms with Crippen molar-refractivity contribution in [2.45, 2.75) is 31.8 Å². The van der Waals surface area contributed by atoms with E-state index in [4.69, 9.17) is 25.8 Å². The molecule has 1 spiro atoms. The van der Waals surface area contributed by atoms with Gasteiger partial charge in [0, 0.05) is 19.8 Å². The van der Waals surface area contributed by atoms with E-state index in [0.717, 1.165) is 39.1 Å². The first kappa shape index (κ1) is 18.5. The maximum atomic E-state index is 12.7. The lowest BCUT2D eigenvalue weighted by molar-refractivity contribution is -0.167. The molecule has 5 nitrogen and oxygen atoms in total. The monoisotopic (exact) mass is 367 g/mol. The van der Waals surface area contributed by atoms with Crippen LogP contribution in [0.1, 0.15) is 36.5 Å². The number of methoxy groups -OCH3 is 1. The third kappa shape index (κ3) is 4.10. The molecule has 3 rings (SSSR count). The Morgan fingerprint density at radius 2 is 2.24 bits per heavy atom. The number of carbonyl (C=O) groups is 1. The van der Waals surface area contributed by atoms with Crippen molar-refractivity contribution < 1.29 is 19.0 Å². The summed E-state index contributed by atoms with van der Waals surface area (Å²) in [6, 6.07) is 5.15. The number of hydrogen-bond acceptors (Lipinski definition) is 4. The highest BCUT2D eigenvalue weighted by Gasteiger charge is 2.49. The summed E-state index contributed by atoms with van der Waals surface area (Å²) in [7, 11) is 1.58. The quantitative estimate of drug-likeness (QED) is 0.723. The standard InChI is InChI=1S/C19H26ClNO4/c1-3-24-8-6-14-7-9-25-19(11-14)12-21(13-19)18(22)16-10-15(23-2)4-5-17(16)20/h4-5,10,14H,3,6-9,11-13H2,1-2H3/t14-/m0/s1. The summed E-state index contributed by atoms with van der Waals surface area (Å²) in [6.45, 7) is 5.61. The molecule has 1 amide bonds. The molecular formula is C19H26ClNO4. The van der Waals surface area contributed by atoms with Crippen molar-refractivity contribution in [3.8, 4) is 5.75 Å². The third-order valence-electron chi connectivity index (χ3n) is 5.12. The summed E-state index contributed by atoms with van der Waals surface area (Å²) in [5, 5.41) is 0.450. The molecule has 0 aromatic heterocycles. The predicted molar refractivity (Wildman–Crippen MR) is 96.4 cm³/mol. The number of halogens is 1. The molecule has 2 aliphatic heterocycles. The molecule has 6 heteroatoms. The van der Waals surface area contributed by atoms with Gasteiger partial charge in [0.15, 0.2) is 0 Å². The number of ether oxygens (including phenoxy) is 3. The second kappa shape index (κ2) is 7.94. The van der Waals surface area contributed by atoms with E-state index in [2.05, 4.69) is 0 Å². The van der Waals surface area contributed by atoms with E-state index in [1.807, 2.05) is 11.8 Å². The Bertz CT molecular complexity index is 615. The molecule has 1 atom stereocenters. The Balaban J connectivity index is 1.58. The number of carbonyl (C=O) groups excluding carboxylic acids is 1. The Morgan fingerprint density at radius 1 is 1.44 bits per heavy atom. The number of hydrogen-bond donors (Lipinski definition) is 0. The zero-order valence-electron chi connectivity index (χ0n) is 14.9. The van der Waals surface area contributed by atoms with Crippen LogP contribution in [0.3, 0.4) is 0 Å². The largest absolute Gasteiger partial charge is 0.497 e. The number of benzene rings is 1. The van der Waals surface area contributed by atoms with Crippen LogP contribution in [0.2, 0.25) is 5.02 Å². The minimum Gasteiger partial charge on any atom is -0.497 e. The minimum atomic E-state index is -0.184. The fourth-order valence-corrected chi connectivity index (χ4v) is 3.95. The van der Waals surface area contributed by atoms with Crippen molar-refractivity contribution in [3.63, 3.8) is 0 Å². The van der Waals surface area contributed by atoms with Crippen molar-refractivity contribution in [1.29, 1.82) is 0 Å². The van der Waals surface area contributed by atoms with Crippen LogP contribution in [0.4, 0.5) is 0 Å². The maximum absolute atomic E-state index is 12.7. The number of amides is 1. The minimum absolute atomic E-state index is 0.0606. The Morgan fingerprint density at radius 3 is 2.96 bits per heavy atom. The zero-order chi connectivity index (χ0) is 17.9. The molecule has 1 aromatic carbocycles. The molecule has 25 heavy (non-hydrogen) atoms. The molecule has 2 saturated heterocycles. The molecule has 0 radical (unpaired) electrons. The van der Waals surface area contributed by atoms with Gasteiger partial charge in [-0.2, -0.15) is 0 Å². The van der Waals surface area contributed by atoms with E-state index in [1.165, 1.54) is 0 Å². The summed E-state index contributed by atoms with van der Waals surface area (Å²) in [4.78, 5) is 14.6. The lowest BCUT2D eigenvalue weighted by Gasteiger charge is -2.53. The molecule has 1 aromatic rings. The summed E-state index contributed by atoms with van der Waals surface area (Å²) < 4.78 is 16.7. The Labute approximate surface area is 154 Å². The molecule has 0 aliphatic carbocycles. The van der Waals surface area contributed by atoms with Gasteiger partial charge >= 0.3 is 0 Å². The zero-order valence-corrected chi connectivity index (χ0v) is 15.7. The van der Waals surface area contributed by atoms with E-state index < -0.39 is 0 Å². The SMILES string of the molecule is CCOCC[C@H]1CCOC2(C1)CN(C(=O)c1cc(OC)ccc1Cl)C2. The number of nitrogens with zero attached hydrogens (tertiary/aromatic N) is 1. The van der Waals surface area contributed by atoms with Gasteiger partial charge in [0.1, 0.15) is 11.4 Å². The Hall–Kier alpha value is -1.30. The van der Waals surface area contributed by atoms with Gasteiger partial charge in [-0.3, -0.25) is 4.79 Å². The van der Waals surface area contributed by atoms with Gasteiger partial charge in [-0.1, -0.05) is 11.6 Å². The van der Waals surface area contributed by atoms with Gasteiger partial charge in [-0.05, 0) is 50.3 Å². The average Bonchev–Trinajstić information content (AvgIpc) is 2.60.